The highest BCUT2D eigenvalue weighted by Crippen LogP contribution is 2.29. The van der Waals surface area contributed by atoms with Gasteiger partial charge in [0.2, 0.25) is 5.82 Å². The largest absolute Gasteiger partial charge is 0.399 e. The van der Waals surface area contributed by atoms with Crippen molar-refractivity contribution >= 4 is 17.0 Å². The van der Waals surface area contributed by atoms with E-state index in [9.17, 15) is 0 Å². The number of rotatable bonds is 2. The summed E-state index contributed by atoms with van der Waals surface area (Å²) in [5, 5.41) is 7.99. The zero-order chi connectivity index (χ0) is 13.4. The molecular formula is C14H13N3OS. The molecule has 2 N–H and O–H groups in total. The Hall–Kier alpha value is -2.14. The van der Waals surface area contributed by atoms with E-state index in [1.165, 1.54) is 0 Å². The smallest absolute Gasteiger partial charge is 0.258 e. The standard InChI is InChI=1S/C14H13N3OS/c1-8-5-11(15)6-12(9(8)2)14-16-13(17-18-14)10-3-4-19-7-10/h3-7H,15H2,1-2H3. The van der Waals surface area contributed by atoms with Crippen LogP contribution in [0.25, 0.3) is 22.8 Å². The summed E-state index contributed by atoms with van der Waals surface area (Å²) in [4.78, 5) is 4.44. The molecule has 0 aliphatic carbocycles. The average molecular weight is 271 g/mol. The predicted molar refractivity (Wildman–Crippen MR) is 76.9 cm³/mol. The molecule has 3 aromatic rings. The zero-order valence-corrected chi connectivity index (χ0v) is 11.5. The van der Waals surface area contributed by atoms with Gasteiger partial charge in [0.1, 0.15) is 0 Å². The summed E-state index contributed by atoms with van der Waals surface area (Å²) in [7, 11) is 0. The normalized spacial score (nSPS) is 10.8. The molecule has 0 aliphatic heterocycles. The van der Waals surface area contributed by atoms with Crippen molar-refractivity contribution in [2.45, 2.75) is 13.8 Å². The molecular weight excluding hydrogens is 258 g/mol. The van der Waals surface area contributed by atoms with E-state index in [4.69, 9.17) is 10.3 Å². The Balaban J connectivity index is 2.09. The van der Waals surface area contributed by atoms with Crippen LogP contribution in [0.3, 0.4) is 0 Å². The third-order valence-electron chi connectivity index (χ3n) is 3.13. The SMILES string of the molecule is Cc1cc(N)cc(-c2nc(-c3ccsc3)no2)c1C. The highest BCUT2D eigenvalue weighted by Gasteiger charge is 2.14. The maximum atomic E-state index is 5.88. The van der Waals surface area contributed by atoms with Gasteiger partial charge in [0.05, 0.1) is 0 Å². The Morgan fingerprint density at radius 3 is 2.84 bits per heavy atom. The fraction of sp³-hybridized carbons (Fsp3) is 0.143. The first-order valence-corrected chi connectivity index (χ1v) is 6.83. The van der Waals surface area contributed by atoms with Crippen molar-refractivity contribution in [1.82, 2.24) is 10.1 Å². The first kappa shape index (κ1) is 11.9. The molecule has 0 radical (unpaired) electrons. The maximum Gasteiger partial charge on any atom is 0.258 e. The van der Waals surface area contributed by atoms with Crippen molar-refractivity contribution in [2.24, 2.45) is 0 Å². The van der Waals surface area contributed by atoms with E-state index in [2.05, 4.69) is 10.1 Å². The monoisotopic (exact) mass is 271 g/mol. The molecule has 0 aliphatic rings. The van der Waals surface area contributed by atoms with Crippen molar-refractivity contribution in [3.8, 4) is 22.8 Å². The van der Waals surface area contributed by atoms with Crippen LogP contribution in [-0.2, 0) is 0 Å². The van der Waals surface area contributed by atoms with Crippen LogP contribution in [0.15, 0.2) is 33.5 Å². The number of aryl methyl sites for hydroxylation is 1. The molecule has 0 amide bonds. The molecule has 0 unspecified atom stereocenters. The van der Waals surface area contributed by atoms with Crippen LogP contribution in [0.1, 0.15) is 11.1 Å². The van der Waals surface area contributed by atoms with Gasteiger partial charge in [0.15, 0.2) is 0 Å². The van der Waals surface area contributed by atoms with Crippen molar-refractivity contribution in [2.75, 3.05) is 5.73 Å². The minimum absolute atomic E-state index is 0.508. The number of nitrogens with two attached hydrogens (primary N) is 1. The first-order valence-electron chi connectivity index (χ1n) is 5.88. The Morgan fingerprint density at radius 1 is 1.26 bits per heavy atom. The lowest BCUT2D eigenvalue weighted by Gasteiger charge is -2.06. The molecule has 2 heterocycles. The van der Waals surface area contributed by atoms with E-state index < -0.39 is 0 Å². The molecule has 3 rings (SSSR count). The van der Waals surface area contributed by atoms with Gasteiger partial charge in [-0.3, -0.25) is 0 Å². The lowest BCUT2D eigenvalue weighted by molar-refractivity contribution is 0.432. The molecule has 4 nitrogen and oxygen atoms in total. The fourth-order valence-corrected chi connectivity index (χ4v) is 2.59. The lowest BCUT2D eigenvalue weighted by atomic mass is 10.0. The van der Waals surface area contributed by atoms with Crippen LogP contribution >= 0.6 is 11.3 Å². The molecule has 1 aromatic carbocycles. The number of thiophene rings is 1. The molecule has 0 fully saturated rings. The van der Waals surface area contributed by atoms with E-state index in [0.717, 1.165) is 22.3 Å². The third-order valence-corrected chi connectivity index (χ3v) is 3.81. The van der Waals surface area contributed by atoms with E-state index in [1.54, 1.807) is 11.3 Å². The Morgan fingerprint density at radius 2 is 2.11 bits per heavy atom. The van der Waals surface area contributed by atoms with Crippen LogP contribution in [0.5, 0.6) is 0 Å². The summed E-state index contributed by atoms with van der Waals surface area (Å²) >= 11 is 1.61. The molecule has 0 spiro atoms. The van der Waals surface area contributed by atoms with Gasteiger partial charge in [0.25, 0.3) is 5.89 Å². The van der Waals surface area contributed by atoms with Gasteiger partial charge in [-0.15, -0.1) is 0 Å². The fourth-order valence-electron chi connectivity index (χ4n) is 1.95. The number of hydrogen-bond donors (Lipinski definition) is 1. The van der Waals surface area contributed by atoms with E-state index in [1.807, 2.05) is 42.8 Å². The number of nitrogen functional groups attached to an aromatic ring is 1. The van der Waals surface area contributed by atoms with Crippen LogP contribution < -0.4 is 5.73 Å². The highest BCUT2D eigenvalue weighted by atomic mass is 32.1. The first-order chi connectivity index (χ1) is 9.15. The molecule has 0 saturated carbocycles. The van der Waals surface area contributed by atoms with E-state index in [0.29, 0.717) is 17.4 Å². The van der Waals surface area contributed by atoms with Gasteiger partial charge in [-0.05, 0) is 48.6 Å². The van der Waals surface area contributed by atoms with E-state index in [-0.39, 0.29) is 0 Å². The Bertz CT molecular complexity index is 716. The minimum Gasteiger partial charge on any atom is -0.399 e. The quantitative estimate of drug-likeness (QED) is 0.722. The van der Waals surface area contributed by atoms with Crippen molar-refractivity contribution in [3.05, 3.63) is 40.1 Å². The van der Waals surface area contributed by atoms with Crippen molar-refractivity contribution < 1.29 is 4.52 Å². The van der Waals surface area contributed by atoms with Gasteiger partial charge in [-0.25, -0.2) is 0 Å². The molecule has 96 valence electrons. The molecule has 0 bridgehead atoms. The van der Waals surface area contributed by atoms with Crippen molar-refractivity contribution in [1.29, 1.82) is 0 Å². The number of anilines is 1. The van der Waals surface area contributed by atoms with Gasteiger partial charge in [-0.2, -0.15) is 16.3 Å². The lowest BCUT2D eigenvalue weighted by Crippen LogP contribution is -1.92. The second-order valence-electron chi connectivity index (χ2n) is 4.45. The van der Waals surface area contributed by atoms with Crippen LogP contribution in [0.2, 0.25) is 0 Å². The Labute approximate surface area is 114 Å². The topological polar surface area (TPSA) is 64.9 Å². The van der Waals surface area contributed by atoms with E-state index >= 15 is 0 Å². The number of hydrogen-bond acceptors (Lipinski definition) is 5. The molecule has 2 aromatic heterocycles. The van der Waals surface area contributed by atoms with Crippen molar-refractivity contribution in [3.63, 3.8) is 0 Å². The third kappa shape index (κ3) is 2.13. The summed E-state index contributed by atoms with van der Waals surface area (Å²) in [6, 6.07) is 5.78. The Kier molecular flexibility index (Phi) is 2.83. The summed E-state index contributed by atoms with van der Waals surface area (Å²) in [6.07, 6.45) is 0. The second-order valence-corrected chi connectivity index (χ2v) is 5.23. The minimum atomic E-state index is 0.508. The number of nitrogens with zero attached hydrogens (tertiary/aromatic N) is 2. The summed E-state index contributed by atoms with van der Waals surface area (Å²) in [6.45, 7) is 4.05. The average Bonchev–Trinajstić information content (AvgIpc) is 3.03. The van der Waals surface area contributed by atoms with Gasteiger partial charge < -0.3 is 10.3 Å². The van der Waals surface area contributed by atoms with Gasteiger partial charge in [0, 0.05) is 22.2 Å². The summed E-state index contributed by atoms with van der Waals surface area (Å²) < 4.78 is 5.35. The molecule has 0 saturated heterocycles. The number of benzene rings is 1. The summed E-state index contributed by atoms with van der Waals surface area (Å²) in [5.41, 5.74) is 10.7. The molecule has 19 heavy (non-hydrogen) atoms. The highest BCUT2D eigenvalue weighted by molar-refractivity contribution is 7.08. The summed E-state index contributed by atoms with van der Waals surface area (Å²) in [5.74, 6) is 1.12. The van der Waals surface area contributed by atoms with Gasteiger partial charge >= 0.3 is 0 Å². The van der Waals surface area contributed by atoms with Crippen LogP contribution in [0.4, 0.5) is 5.69 Å². The molecule has 0 atom stereocenters. The predicted octanol–water partition coefficient (Wildman–Crippen LogP) is 3.66. The second kappa shape index (κ2) is 4.51. The zero-order valence-electron chi connectivity index (χ0n) is 10.7. The maximum absolute atomic E-state index is 5.88. The van der Waals surface area contributed by atoms with Crippen LogP contribution in [0, 0.1) is 13.8 Å². The van der Waals surface area contributed by atoms with Crippen LogP contribution in [-0.4, -0.2) is 10.1 Å². The number of aromatic nitrogens is 2. The van der Waals surface area contributed by atoms with Gasteiger partial charge in [-0.1, -0.05) is 5.16 Å². The molecule has 5 heteroatoms.